The summed E-state index contributed by atoms with van der Waals surface area (Å²) in [6.07, 6.45) is 0. The summed E-state index contributed by atoms with van der Waals surface area (Å²) < 4.78 is 0. The highest BCUT2D eigenvalue weighted by molar-refractivity contribution is 5.95. The van der Waals surface area contributed by atoms with Crippen LogP contribution in [0.25, 0.3) is 0 Å². The zero-order valence-electron chi connectivity index (χ0n) is 14.7. The van der Waals surface area contributed by atoms with Gasteiger partial charge in [-0.2, -0.15) is 0 Å². The zero-order chi connectivity index (χ0) is 17.8. The predicted octanol–water partition coefficient (Wildman–Crippen LogP) is 3.55. The lowest BCUT2D eigenvalue weighted by atomic mass is 10.1. The normalized spacial score (nSPS) is 14.3. The van der Waals surface area contributed by atoms with Crippen LogP contribution < -0.4 is 10.2 Å². The Morgan fingerprint density at radius 2 is 1.56 bits per heavy atom. The van der Waals surface area contributed by atoms with Crippen LogP contribution in [-0.2, 0) is 0 Å². The van der Waals surface area contributed by atoms with E-state index in [9.17, 15) is 9.59 Å². The van der Waals surface area contributed by atoms with Gasteiger partial charge in [0.2, 0.25) is 0 Å². The van der Waals surface area contributed by atoms with Gasteiger partial charge >= 0.3 is 6.03 Å². The smallest absolute Gasteiger partial charge is 0.321 e. The van der Waals surface area contributed by atoms with Gasteiger partial charge in [-0.15, -0.1) is 0 Å². The molecule has 5 heteroatoms. The van der Waals surface area contributed by atoms with Gasteiger partial charge in [0.05, 0.1) is 0 Å². The largest absolute Gasteiger partial charge is 0.368 e. The van der Waals surface area contributed by atoms with Gasteiger partial charge in [-0.05, 0) is 49.7 Å². The van der Waals surface area contributed by atoms with Crippen molar-refractivity contribution in [2.75, 3.05) is 36.4 Å². The van der Waals surface area contributed by atoms with Gasteiger partial charge < -0.3 is 15.1 Å². The number of nitrogens with zero attached hydrogens (tertiary/aromatic N) is 2. The van der Waals surface area contributed by atoms with Crippen LogP contribution in [0.2, 0.25) is 0 Å². The number of piperazine rings is 1. The van der Waals surface area contributed by atoms with E-state index in [2.05, 4.69) is 29.3 Å². The Kier molecular flexibility index (Phi) is 5.03. The number of aryl methyl sites for hydroxylation is 1. The van der Waals surface area contributed by atoms with Gasteiger partial charge in [0.1, 0.15) is 0 Å². The van der Waals surface area contributed by atoms with Crippen molar-refractivity contribution in [3.8, 4) is 0 Å². The summed E-state index contributed by atoms with van der Waals surface area (Å²) >= 11 is 0. The number of carbonyl (C=O) groups is 2. The number of carbonyl (C=O) groups excluding carboxylic acids is 2. The fraction of sp³-hybridized carbons (Fsp3) is 0.300. The van der Waals surface area contributed by atoms with Gasteiger partial charge in [-0.1, -0.05) is 18.2 Å². The number of urea groups is 1. The predicted molar refractivity (Wildman–Crippen MR) is 100 cm³/mol. The molecular weight excluding hydrogens is 314 g/mol. The molecule has 0 bridgehead atoms. The molecule has 130 valence electrons. The van der Waals surface area contributed by atoms with Crippen molar-refractivity contribution in [1.29, 1.82) is 0 Å². The molecule has 2 aromatic carbocycles. The van der Waals surface area contributed by atoms with Crippen LogP contribution in [0.15, 0.2) is 48.5 Å². The summed E-state index contributed by atoms with van der Waals surface area (Å²) in [5.41, 5.74) is 3.84. The number of amides is 2. The third-order valence-corrected chi connectivity index (χ3v) is 4.57. The Balaban J connectivity index is 1.56. The summed E-state index contributed by atoms with van der Waals surface area (Å²) in [6.45, 7) is 6.65. The molecule has 25 heavy (non-hydrogen) atoms. The summed E-state index contributed by atoms with van der Waals surface area (Å²) in [6, 6.07) is 15.2. The Morgan fingerprint density at radius 1 is 0.920 bits per heavy atom. The Labute approximate surface area is 148 Å². The van der Waals surface area contributed by atoms with Gasteiger partial charge in [-0.3, -0.25) is 4.79 Å². The minimum Gasteiger partial charge on any atom is -0.368 e. The zero-order valence-corrected chi connectivity index (χ0v) is 14.7. The van der Waals surface area contributed by atoms with Crippen LogP contribution in [0.3, 0.4) is 0 Å². The van der Waals surface area contributed by atoms with Crippen molar-refractivity contribution in [2.45, 2.75) is 13.8 Å². The number of hydrogen-bond acceptors (Lipinski definition) is 3. The van der Waals surface area contributed by atoms with E-state index in [0.717, 1.165) is 13.1 Å². The highest BCUT2D eigenvalue weighted by atomic mass is 16.2. The van der Waals surface area contributed by atoms with Gasteiger partial charge in [-0.25, -0.2) is 4.79 Å². The van der Waals surface area contributed by atoms with E-state index in [1.807, 2.05) is 17.0 Å². The molecule has 0 radical (unpaired) electrons. The van der Waals surface area contributed by atoms with Crippen LogP contribution in [0.4, 0.5) is 16.2 Å². The van der Waals surface area contributed by atoms with Gasteiger partial charge in [0.25, 0.3) is 0 Å². The molecule has 5 nitrogen and oxygen atoms in total. The lowest BCUT2D eigenvalue weighted by Crippen LogP contribution is -2.50. The van der Waals surface area contributed by atoms with Gasteiger partial charge in [0, 0.05) is 43.1 Å². The highest BCUT2D eigenvalue weighted by Crippen LogP contribution is 2.21. The van der Waals surface area contributed by atoms with E-state index < -0.39 is 0 Å². The van der Waals surface area contributed by atoms with Crippen molar-refractivity contribution in [1.82, 2.24) is 4.90 Å². The van der Waals surface area contributed by atoms with Crippen LogP contribution in [0.5, 0.6) is 0 Å². The second-order valence-electron chi connectivity index (χ2n) is 6.32. The van der Waals surface area contributed by atoms with E-state index in [1.54, 1.807) is 24.3 Å². The van der Waals surface area contributed by atoms with E-state index in [-0.39, 0.29) is 11.8 Å². The number of rotatable bonds is 3. The van der Waals surface area contributed by atoms with Crippen molar-refractivity contribution in [3.05, 3.63) is 59.7 Å². The number of para-hydroxylation sites is 1. The monoisotopic (exact) mass is 337 g/mol. The number of hydrogen-bond donors (Lipinski definition) is 1. The molecule has 1 aliphatic rings. The molecule has 2 amide bonds. The van der Waals surface area contributed by atoms with Crippen molar-refractivity contribution >= 4 is 23.2 Å². The van der Waals surface area contributed by atoms with Crippen LogP contribution in [0, 0.1) is 6.92 Å². The lowest BCUT2D eigenvalue weighted by molar-refractivity contribution is 0.101. The SMILES string of the molecule is CC(=O)c1ccc(NC(=O)N2CCN(c3ccccc3C)CC2)cc1. The third-order valence-electron chi connectivity index (χ3n) is 4.57. The average molecular weight is 337 g/mol. The summed E-state index contributed by atoms with van der Waals surface area (Å²) in [7, 11) is 0. The first-order chi connectivity index (χ1) is 12.0. The molecule has 2 aromatic rings. The summed E-state index contributed by atoms with van der Waals surface area (Å²) in [5.74, 6) is 0.0187. The fourth-order valence-electron chi connectivity index (χ4n) is 3.06. The number of nitrogens with one attached hydrogen (secondary N) is 1. The average Bonchev–Trinajstić information content (AvgIpc) is 2.63. The number of ketones is 1. The topological polar surface area (TPSA) is 52.7 Å². The molecule has 3 rings (SSSR count). The summed E-state index contributed by atoms with van der Waals surface area (Å²) in [4.78, 5) is 27.9. The first-order valence-electron chi connectivity index (χ1n) is 8.52. The standard InChI is InChI=1S/C20H23N3O2/c1-15-5-3-4-6-19(15)22-11-13-23(14-12-22)20(25)21-18-9-7-17(8-10-18)16(2)24/h3-10H,11-14H2,1-2H3,(H,21,25). The van der Waals surface area contributed by atoms with Crippen LogP contribution >= 0.6 is 0 Å². The second-order valence-corrected chi connectivity index (χ2v) is 6.32. The molecule has 1 fully saturated rings. The van der Waals surface area contributed by atoms with Crippen LogP contribution in [0.1, 0.15) is 22.8 Å². The molecule has 1 N–H and O–H groups in total. The Hall–Kier alpha value is -2.82. The third kappa shape index (κ3) is 3.99. The number of Topliss-reactive ketones (excluding diaryl/α,β-unsaturated/α-hetero) is 1. The molecule has 1 saturated heterocycles. The Morgan fingerprint density at radius 3 is 2.16 bits per heavy atom. The minimum atomic E-state index is -0.0972. The van der Waals surface area contributed by atoms with E-state index in [4.69, 9.17) is 0 Å². The molecule has 1 aliphatic heterocycles. The molecule has 0 spiro atoms. The first-order valence-corrected chi connectivity index (χ1v) is 8.52. The van der Waals surface area contributed by atoms with Crippen molar-refractivity contribution in [2.24, 2.45) is 0 Å². The molecule has 0 unspecified atom stereocenters. The van der Waals surface area contributed by atoms with Crippen LogP contribution in [-0.4, -0.2) is 42.9 Å². The molecule has 0 saturated carbocycles. The molecule has 0 aliphatic carbocycles. The quantitative estimate of drug-likeness (QED) is 0.872. The summed E-state index contributed by atoms with van der Waals surface area (Å²) in [5, 5.41) is 2.90. The fourth-order valence-corrected chi connectivity index (χ4v) is 3.06. The van der Waals surface area contributed by atoms with E-state index in [0.29, 0.717) is 24.3 Å². The lowest BCUT2D eigenvalue weighted by Gasteiger charge is -2.36. The molecular formula is C20H23N3O2. The molecule has 0 atom stereocenters. The molecule has 1 heterocycles. The van der Waals surface area contributed by atoms with Crippen molar-refractivity contribution in [3.63, 3.8) is 0 Å². The second kappa shape index (κ2) is 7.38. The maximum atomic E-state index is 12.4. The highest BCUT2D eigenvalue weighted by Gasteiger charge is 2.22. The first kappa shape index (κ1) is 17.0. The maximum Gasteiger partial charge on any atom is 0.321 e. The number of anilines is 2. The number of benzene rings is 2. The van der Waals surface area contributed by atoms with Crippen molar-refractivity contribution < 1.29 is 9.59 Å². The maximum absolute atomic E-state index is 12.4. The van der Waals surface area contributed by atoms with E-state index >= 15 is 0 Å². The van der Waals surface area contributed by atoms with Gasteiger partial charge in [0.15, 0.2) is 5.78 Å². The minimum absolute atomic E-state index is 0.0187. The molecule has 0 aromatic heterocycles. The Bertz CT molecular complexity index is 763. The van der Waals surface area contributed by atoms with E-state index in [1.165, 1.54) is 18.2 Å².